The van der Waals surface area contributed by atoms with E-state index in [1.807, 2.05) is 0 Å². The Morgan fingerprint density at radius 2 is 1.77 bits per heavy atom. The van der Waals surface area contributed by atoms with Gasteiger partial charge in [0.15, 0.2) is 0 Å². The van der Waals surface area contributed by atoms with Gasteiger partial charge in [0.1, 0.15) is 6.54 Å². The molecule has 10 nitrogen and oxygen atoms in total. The van der Waals surface area contributed by atoms with Gasteiger partial charge in [0.25, 0.3) is 15.7 Å². The molecular weight excluding hydrogens is 416 g/mol. The van der Waals surface area contributed by atoms with Crippen molar-refractivity contribution in [2.75, 3.05) is 24.6 Å². The first-order valence-corrected chi connectivity index (χ1v) is 10.2. The molecule has 2 aromatic carbocycles. The molecule has 0 fully saturated rings. The smallest absolute Gasteiger partial charge is 0.338 e. The molecule has 11 heteroatoms. The molecule has 0 heterocycles. The zero-order valence-corrected chi connectivity index (χ0v) is 17.3. The van der Waals surface area contributed by atoms with E-state index in [-0.39, 0.29) is 34.0 Å². The molecule has 0 aliphatic rings. The maximum Gasteiger partial charge on any atom is 0.338 e. The van der Waals surface area contributed by atoms with Gasteiger partial charge in [-0.3, -0.25) is 19.2 Å². The number of esters is 2. The van der Waals surface area contributed by atoms with Crippen LogP contribution >= 0.6 is 0 Å². The van der Waals surface area contributed by atoms with Gasteiger partial charge in [-0.2, -0.15) is 0 Å². The maximum absolute atomic E-state index is 13.3. The Bertz CT molecular complexity index is 1060. The molecule has 0 saturated carbocycles. The summed E-state index contributed by atoms with van der Waals surface area (Å²) in [6.07, 6.45) is 0. The van der Waals surface area contributed by atoms with Crippen LogP contribution in [0.4, 0.5) is 11.4 Å². The molecule has 2 aromatic rings. The molecule has 0 amide bonds. The number of rotatable bonds is 8. The van der Waals surface area contributed by atoms with Crippen LogP contribution in [0.25, 0.3) is 0 Å². The Morgan fingerprint density at radius 3 is 2.30 bits per heavy atom. The zero-order valence-electron chi connectivity index (χ0n) is 16.5. The zero-order chi connectivity index (χ0) is 22.5. The van der Waals surface area contributed by atoms with Crippen LogP contribution in [-0.2, 0) is 24.3 Å². The first kappa shape index (κ1) is 22.8. The van der Waals surface area contributed by atoms with Crippen LogP contribution in [0.15, 0.2) is 47.4 Å². The number of ether oxygens (including phenoxy) is 2. The van der Waals surface area contributed by atoms with Gasteiger partial charge in [-0.1, -0.05) is 6.07 Å². The van der Waals surface area contributed by atoms with Gasteiger partial charge in [0.05, 0.1) is 34.8 Å². The second-order valence-electron chi connectivity index (χ2n) is 6.01. The minimum absolute atomic E-state index is 0.0471. The first-order chi connectivity index (χ1) is 14.1. The molecule has 30 heavy (non-hydrogen) atoms. The average molecular weight is 436 g/mol. The Kier molecular flexibility index (Phi) is 7.11. The summed E-state index contributed by atoms with van der Waals surface area (Å²) >= 11 is 0. The van der Waals surface area contributed by atoms with Crippen LogP contribution in [-0.4, -0.2) is 45.5 Å². The SMILES string of the molecule is CCOC(=O)CN(c1cccc(C(=O)OC)c1C)S(=O)(=O)c1ccc([N+](=O)[O-])cc1. The third-order valence-corrected chi connectivity index (χ3v) is 5.97. The summed E-state index contributed by atoms with van der Waals surface area (Å²) in [5, 5.41) is 10.8. The molecule has 0 unspecified atom stereocenters. The van der Waals surface area contributed by atoms with E-state index in [1.54, 1.807) is 6.92 Å². The number of methoxy groups -OCH3 is 1. The number of nitro benzene ring substituents is 1. The topological polar surface area (TPSA) is 133 Å². The summed E-state index contributed by atoms with van der Waals surface area (Å²) in [7, 11) is -3.13. The summed E-state index contributed by atoms with van der Waals surface area (Å²) in [6, 6.07) is 8.60. The van der Waals surface area contributed by atoms with Crippen molar-refractivity contribution in [3.05, 3.63) is 63.7 Å². The van der Waals surface area contributed by atoms with E-state index in [9.17, 15) is 28.1 Å². The van der Waals surface area contributed by atoms with Crippen molar-refractivity contribution in [1.29, 1.82) is 0 Å². The third kappa shape index (κ3) is 4.74. The van der Waals surface area contributed by atoms with E-state index >= 15 is 0 Å². The highest BCUT2D eigenvalue weighted by molar-refractivity contribution is 7.92. The van der Waals surface area contributed by atoms with E-state index in [0.717, 1.165) is 28.6 Å². The van der Waals surface area contributed by atoms with E-state index in [1.165, 1.54) is 32.2 Å². The van der Waals surface area contributed by atoms with Crippen LogP contribution in [0.3, 0.4) is 0 Å². The molecule has 0 atom stereocenters. The Morgan fingerprint density at radius 1 is 1.13 bits per heavy atom. The van der Waals surface area contributed by atoms with Gasteiger partial charge < -0.3 is 9.47 Å². The summed E-state index contributed by atoms with van der Waals surface area (Å²) in [6.45, 7) is 2.49. The third-order valence-electron chi connectivity index (χ3n) is 4.19. The monoisotopic (exact) mass is 436 g/mol. The van der Waals surface area contributed by atoms with Crippen molar-refractivity contribution >= 4 is 33.3 Å². The van der Waals surface area contributed by atoms with Gasteiger partial charge in [0, 0.05) is 12.1 Å². The van der Waals surface area contributed by atoms with Crippen molar-refractivity contribution in [2.45, 2.75) is 18.7 Å². The van der Waals surface area contributed by atoms with Crippen molar-refractivity contribution in [3.63, 3.8) is 0 Å². The lowest BCUT2D eigenvalue weighted by Crippen LogP contribution is -2.37. The predicted molar refractivity (Wildman–Crippen MR) is 107 cm³/mol. The molecule has 0 aromatic heterocycles. The van der Waals surface area contributed by atoms with Crippen LogP contribution in [0.1, 0.15) is 22.8 Å². The van der Waals surface area contributed by atoms with Crippen molar-refractivity contribution in [1.82, 2.24) is 0 Å². The largest absolute Gasteiger partial charge is 0.465 e. The Balaban J connectivity index is 2.62. The normalized spacial score (nSPS) is 10.9. The minimum Gasteiger partial charge on any atom is -0.465 e. The lowest BCUT2D eigenvalue weighted by atomic mass is 10.1. The number of anilines is 1. The molecular formula is C19H20N2O8S. The number of carbonyl (C=O) groups excluding carboxylic acids is 2. The van der Waals surface area contributed by atoms with Gasteiger partial charge >= 0.3 is 11.9 Å². The summed E-state index contributed by atoms with van der Waals surface area (Å²) in [5.74, 6) is -1.47. The fraction of sp³-hybridized carbons (Fsp3) is 0.263. The Hall–Kier alpha value is -3.47. The lowest BCUT2D eigenvalue weighted by molar-refractivity contribution is -0.384. The molecule has 160 valence electrons. The first-order valence-electron chi connectivity index (χ1n) is 8.74. The molecule has 0 N–H and O–H groups in total. The molecule has 0 radical (unpaired) electrons. The molecule has 0 aliphatic heterocycles. The van der Waals surface area contributed by atoms with Crippen molar-refractivity contribution < 1.29 is 32.4 Å². The molecule has 0 spiro atoms. The van der Waals surface area contributed by atoms with E-state index in [2.05, 4.69) is 0 Å². The fourth-order valence-corrected chi connectivity index (χ4v) is 4.18. The van der Waals surface area contributed by atoms with E-state index in [0.29, 0.717) is 0 Å². The molecule has 0 saturated heterocycles. The van der Waals surface area contributed by atoms with Crippen LogP contribution in [0, 0.1) is 17.0 Å². The van der Waals surface area contributed by atoms with Crippen molar-refractivity contribution in [2.24, 2.45) is 0 Å². The van der Waals surface area contributed by atoms with Gasteiger partial charge in [-0.05, 0) is 43.7 Å². The number of hydrogen-bond donors (Lipinski definition) is 0. The quantitative estimate of drug-likeness (QED) is 0.350. The predicted octanol–water partition coefficient (Wildman–Crippen LogP) is 2.45. The summed E-state index contributed by atoms with van der Waals surface area (Å²) in [4.78, 5) is 34.1. The van der Waals surface area contributed by atoms with E-state index < -0.39 is 33.4 Å². The number of sulfonamides is 1. The van der Waals surface area contributed by atoms with Gasteiger partial charge in [-0.15, -0.1) is 0 Å². The maximum atomic E-state index is 13.3. The number of benzene rings is 2. The number of nitro groups is 1. The Labute approximate surface area is 173 Å². The fourth-order valence-electron chi connectivity index (χ4n) is 2.72. The molecule has 0 bridgehead atoms. The number of hydrogen-bond acceptors (Lipinski definition) is 8. The summed E-state index contributed by atoms with van der Waals surface area (Å²) < 4.78 is 37.0. The van der Waals surface area contributed by atoms with Gasteiger partial charge in [-0.25, -0.2) is 13.2 Å². The summed E-state index contributed by atoms with van der Waals surface area (Å²) in [5.41, 5.74) is 0.195. The minimum atomic E-state index is -4.32. The highest BCUT2D eigenvalue weighted by Gasteiger charge is 2.30. The van der Waals surface area contributed by atoms with Crippen molar-refractivity contribution in [3.8, 4) is 0 Å². The van der Waals surface area contributed by atoms with E-state index in [4.69, 9.17) is 9.47 Å². The average Bonchev–Trinajstić information content (AvgIpc) is 2.72. The van der Waals surface area contributed by atoms with Gasteiger partial charge in [0.2, 0.25) is 0 Å². The number of non-ortho nitro benzene ring substituents is 1. The second-order valence-corrected chi connectivity index (χ2v) is 7.87. The molecule has 2 rings (SSSR count). The number of nitrogens with zero attached hydrogens (tertiary/aromatic N) is 2. The number of carbonyl (C=O) groups is 2. The standard InChI is InChI=1S/C19H20N2O8S/c1-4-29-18(22)12-20(17-7-5-6-16(13(17)2)19(23)28-3)30(26,27)15-10-8-14(9-11-15)21(24)25/h5-11H,4,12H2,1-3H3. The van der Waals surface area contributed by atoms with Crippen LogP contribution in [0.5, 0.6) is 0 Å². The van der Waals surface area contributed by atoms with Crippen LogP contribution < -0.4 is 4.31 Å². The molecule has 0 aliphatic carbocycles. The lowest BCUT2D eigenvalue weighted by Gasteiger charge is -2.25. The highest BCUT2D eigenvalue weighted by atomic mass is 32.2. The highest BCUT2D eigenvalue weighted by Crippen LogP contribution is 2.30. The van der Waals surface area contributed by atoms with Crippen LogP contribution in [0.2, 0.25) is 0 Å². The second kappa shape index (κ2) is 9.35.